The van der Waals surface area contributed by atoms with Gasteiger partial charge in [0, 0.05) is 17.7 Å². The fourth-order valence-electron chi connectivity index (χ4n) is 2.24. The van der Waals surface area contributed by atoms with Crippen molar-refractivity contribution in [3.05, 3.63) is 57.1 Å². The Morgan fingerprint density at radius 2 is 1.81 bits per heavy atom. The van der Waals surface area contributed by atoms with Gasteiger partial charge in [-0.2, -0.15) is 0 Å². The molecule has 3 N–H and O–H groups in total. The number of nitrogens with two attached hydrogens (primary N) is 1. The van der Waals surface area contributed by atoms with E-state index in [1.54, 1.807) is 19.1 Å². The van der Waals surface area contributed by atoms with Gasteiger partial charge in [0.05, 0.1) is 17.2 Å². The second-order valence-electron chi connectivity index (χ2n) is 5.18. The van der Waals surface area contributed by atoms with Gasteiger partial charge in [0.15, 0.2) is 12.4 Å². The Morgan fingerprint density at radius 1 is 1.11 bits per heavy atom. The Balaban J connectivity index is 0.00000364. The molecule has 2 rings (SSSR count). The summed E-state index contributed by atoms with van der Waals surface area (Å²) in [6.07, 6.45) is 0. The highest BCUT2D eigenvalue weighted by Crippen LogP contribution is 2.37. The lowest BCUT2D eigenvalue weighted by molar-refractivity contribution is -0.145. The van der Waals surface area contributed by atoms with E-state index < -0.39 is 11.8 Å². The summed E-state index contributed by atoms with van der Waals surface area (Å²) in [5.74, 6) is -1.12. The molecule has 0 aliphatic rings. The number of rotatable bonds is 7. The molecule has 0 aromatic heterocycles. The molecule has 0 atom stereocenters. The number of carbonyl (C=O) groups is 2. The van der Waals surface area contributed by atoms with Crippen molar-refractivity contribution in [3.63, 3.8) is 0 Å². The zero-order chi connectivity index (χ0) is 19.3. The van der Waals surface area contributed by atoms with E-state index in [1.165, 1.54) is 18.2 Å². The number of hydrogen-bond donors (Lipinski definition) is 2. The molecule has 9 heteroatoms. The van der Waals surface area contributed by atoms with E-state index in [0.29, 0.717) is 5.56 Å². The molecule has 27 heavy (non-hydrogen) atoms. The molecule has 146 valence electrons. The number of benzene rings is 2. The number of hydrogen-bond acceptors (Lipinski definition) is 6. The first-order valence-electron chi connectivity index (χ1n) is 7.72. The van der Waals surface area contributed by atoms with Gasteiger partial charge in [0.1, 0.15) is 16.5 Å². The summed E-state index contributed by atoms with van der Waals surface area (Å²) in [6, 6.07) is 7.52. The van der Waals surface area contributed by atoms with Crippen LogP contribution >= 0.6 is 35.6 Å². The normalized spacial score (nSPS) is 10.1. The van der Waals surface area contributed by atoms with E-state index >= 15 is 0 Å². The Labute approximate surface area is 172 Å². The van der Waals surface area contributed by atoms with E-state index in [-0.39, 0.29) is 64.8 Å². The molecule has 0 saturated carbocycles. The van der Waals surface area contributed by atoms with Crippen LogP contribution in [0.2, 0.25) is 10.0 Å². The molecular formula is C18H18Cl3NO5. The first-order chi connectivity index (χ1) is 12.4. The smallest absolute Gasteiger partial charge is 0.344 e. The number of carbonyl (C=O) groups excluding carboxylic acids is 2. The van der Waals surface area contributed by atoms with Crippen LogP contribution in [0.4, 0.5) is 0 Å². The largest absolute Gasteiger partial charge is 0.507 e. The number of para-hydroxylation sites is 1. The number of esters is 1. The fraction of sp³-hybridized carbons (Fsp3) is 0.222. The van der Waals surface area contributed by atoms with Gasteiger partial charge in [0.2, 0.25) is 0 Å². The minimum Gasteiger partial charge on any atom is -0.507 e. The molecule has 0 radical (unpaired) electrons. The maximum Gasteiger partial charge on any atom is 0.344 e. The third-order valence-electron chi connectivity index (χ3n) is 3.53. The molecule has 0 amide bonds. The molecule has 2 aromatic carbocycles. The monoisotopic (exact) mass is 433 g/mol. The van der Waals surface area contributed by atoms with E-state index in [0.717, 1.165) is 0 Å². The van der Waals surface area contributed by atoms with Crippen LogP contribution in [0.15, 0.2) is 30.3 Å². The summed E-state index contributed by atoms with van der Waals surface area (Å²) >= 11 is 12.3. The van der Waals surface area contributed by atoms with Gasteiger partial charge in [-0.3, -0.25) is 4.79 Å². The molecule has 2 aromatic rings. The van der Waals surface area contributed by atoms with Crippen LogP contribution in [-0.4, -0.2) is 30.1 Å². The quantitative estimate of drug-likeness (QED) is 0.508. The van der Waals surface area contributed by atoms with Crippen LogP contribution < -0.4 is 10.5 Å². The number of phenols is 1. The highest BCUT2D eigenvalue weighted by atomic mass is 35.5. The number of ether oxygens (including phenoxy) is 2. The second kappa shape index (κ2) is 10.4. The number of halogens is 3. The zero-order valence-corrected chi connectivity index (χ0v) is 16.7. The van der Waals surface area contributed by atoms with E-state index in [2.05, 4.69) is 0 Å². The van der Waals surface area contributed by atoms with Crippen LogP contribution in [0.3, 0.4) is 0 Å². The van der Waals surface area contributed by atoms with Crippen LogP contribution in [-0.2, 0) is 16.1 Å². The summed E-state index contributed by atoms with van der Waals surface area (Å²) < 4.78 is 10.0. The summed E-state index contributed by atoms with van der Waals surface area (Å²) in [5, 5.41) is 10.1. The SMILES string of the molecule is CCOC(=O)COc1ccc(C(=O)c2cccc(CN)c2O)c(Cl)c1Cl.Cl. The average molecular weight is 435 g/mol. The van der Waals surface area contributed by atoms with Crippen molar-refractivity contribution in [2.75, 3.05) is 13.2 Å². The Kier molecular flexibility index (Phi) is 8.85. The minimum atomic E-state index is -0.552. The van der Waals surface area contributed by atoms with Gasteiger partial charge < -0.3 is 20.3 Å². The maximum absolute atomic E-state index is 12.7. The molecule has 6 nitrogen and oxygen atoms in total. The van der Waals surface area contributed by atoms with Gasteiger partial charge in [-0.15, -0.1) is 12.4 Å². The van der Waals surface area contributed by atoms with Crippen molar-refractivity contribution >= 4 is 47.4 Å². The van der Waals surface area contributed by atoms with Crippen molar-refractivity contribution in [2.24, 2.45) is 5.73 Å². The number of ketones is 1. The first-order valence-corrected chi connectivity index (χ1v) is 8.48. The predicted octanol–water partition coefficient (Wildman–Crippen LogP) is 3.75. The van der Waals surface area contributed by atoms with E-state index in [1.807, 2.05) is 0 Å². The van der Waals surface area contributed by atoms with E-state index in [4.69, 9.17) is 38.4 Å². The van der Waals surface area contributed by atoms with Crippen molar-refractivity contribution in [2.45, 2.75) is 13.5 Å². The molecule has 0 fully saturated rings. The van der Waals surface area contributed by atoms with Crippen molar-refractivity contribution in [1.82, 2.24) is 0 Å². The topological polar surface area (TPSA) is 98.9 Å². The molecule has 0 bridgehead atoms. The molecule has 0 saturated heterocycles. The molecule has 0 aliphatic carbocycles. The second-order valence-corrected chi connectivity index (χ2v) is 5.94. The Morgan fingerprint density at radius 3 is 2.44 bits per heavy atom. The average Bonchev–Trinajstić information content (AvgIpc) is 2.63. The first kappa shape index (κ1) is 23.0. The predicted molar refractivity (Wildman–Crippen MR) is 105 cm³/mol. The van der Waals surface area contributed by atoms with Crippen molar-refractivity contribution in [1.29, 1.82) is 0 Å². The summed E-state index contributed by atoms with van der Waals surface area (Å²) in [4.78, 5) is 24.1. The Hall–Kier alpha value is -1.99. The summed E-state index contributed by atoms with van der Waals surface area (Å²) in [7, 11) is 0. The van der Waals surface area contributed by atoms with Crippen LogP contribution in [0.25, 0.3) is 0 Å². The lowest BCUT2D eigenvalue weighted by atomic mass is 9.99. The summed E-state index contributed by atoms with van der Waals surface area (Å²) in [5.41, 5.74) is 6.13. The van der Waals surface area contributed by atoms with Gasteiger partial charge in [-0.1, -0.05) is 35.3 Å². The van der Waals surface area contributed by atoms with Gasteiger partial charge in [-0.05, 0) is 25.1 Å². The number of aromatic hydroxyl groups is 1. The minimum absolute atomic E-state index is 0. The molecule has 0 unspecified atom stereocenters. The highest BCUT2D eigenvalue weighted by molar-refractivity contribution is 6.45. The van der Waals surface area contributed by atoms with Crippen LogP contribution in [0.5, 0.6) is 11.5 Å². The van der Waals surface area contributed by atoms with Gasteiger partial charge in [0.25, 0.3) is 0 Å². The molecule has 0 aliphatic heterocycles. The fourth-order valence-corrected chi connectivity index (χ4v) is 2.70. The highest BCUT2D eigenvalue weighted by Gasteiger charge is 2.21. The van der Waals surface area contributed by atoms with E-state index in [9.17, 15) is 14.7 Å². The molecule has 0 heterocycles. The summed E-state index contributed by atoms with van der Waals surface area (Å²) in [6.45, 7) is 1.66. The number of phenolic OH excluding ortho intramolecular Hbond substituents is 1. The zero-order valence-electron chi connectivity index (χ0n) is 14.3. The standard InChI is InChI=1S/C18H17Cl2NO5.ClH/c1-2-25-14(22)9-26-13-7-6-11(15(19)16(13)20)18(24)12-5-3-4-10(8-21)17(12)23;/h3-7,23H,2,8-9,21H2,1H3;1H. The van der Waals surface area contributed by atoms with Crippen molar-refractivity contribution < 1.29 is 24.2 Å². The van der Waals surface area contributed by atoms with Crippen molar-refractivity contribution in [3.8, 4) is 11.5 Å². The van der Waals surface area contributed by atoms with Gasteiger partial charge in [-0.25, -0.2) is 4.79 Å². The third-order valence-corrected chi connectivity index (χ3v) is 4.39. The molecule has 0 spiro atoms. The van der Waals surface area contributed by atoms with Gasteiger partial charge >= 0.3 is 5.97 Å². The maximum atomic E-state index is 12.7. The van der Waals surface area contributed by atoms with Crippen LogP contribution in [0, 0.1) is 0 Å². The Bertz CT molecular complexity index is 842. The van der Waals surface area contributed by atoms with Crippen LogP contribution in [0.1, 0.15) is 28.4 Å². The molecular weight excluding hydrogens is 417 g/mol. The lowest BCUT2D eigenvalue weighted by Gasteiger charge is -2.12. The third kappa shape index (κ3) is 5.26. The lowest BCUT2D eigenvalue weighted by Crippen LogP contribution is -2.15.